The molecule has 0 atom stereocenters. The lowest BCUT2D eigenvalue weighted by atomic mass is 10.2. The number of anilines is 1. The van der Waals surface area contributed by atoms with E-state index in [1.54, 1.807) is 0 Å². The fraction of sp³-hybridized carbons (Fsp3) is 0.667. The number of rotatable bonds is 8. The zero-order valence-corrected chi connectivity index (χ0v) is 11.7. The predicted molar refractivity (Wildman–Crippen MR) is 76.7 cm³/mol. The summed E-state index contributed by atoms with van der Waals surface area (Å²) >= 11 is 0. The van der Waals surface area contributed by atoms with Gasteiger partial charge in [-0.05, 0) is 44.4 Å². The highest BCUT2D eigenvalue weighted by Crippen LogP contribution is 2.28. The van der Waals surface area contributed by atoms with Gasteiger partial charge in [-0.2, -0.15) is 0 Å². The Morgan fingerprint density at radius 3 is 2.83 bits per heavy atom. The van der Waals surface area contributed by atoms with Gasteiger partial charge in [0.25, 0.3) is 0 Å². The maximum Gasteiger partial charge on any atom is 0.0564 e. The summed E-state index contributed by atoms with van der Waals surface area (Å²) in [4.78, 5) is 7.07. The molecule has 0 bridgehead atoms. The van der Waals surface area contributed by atoms with Gasteiger partial charge in [0.2, 0.25) is 0 Å². The van der Waals surface area contributed by atoms with Crippen LogP contribution in [0.4, 0.5) is 5.69 Å². The van der Waals surface area contributed by atoms with Gasteiger partial charge in [0.05, 0.1) is 5.69 Å². The van der Waals surface area contributed by atoms with Crippen LogP contribution in [0.5, 0.6) is 0 Å². The van der Waals surface area contributed by atoms with Crippen LogP contribution in [0.1, 0.15) is 45.2 Å². The van der Waals surface area contributed by atoms with Crippen molar-refractivity contribution in [3.05, 3.63) is 24.0 Å². The highest BCUT2D eigenvalue weighted by atomic mass is 15.2. The van der Waals surface area contributed by atoms with Crippen LogP contribution in [0, 0.1) is 0 Å². The molecule has 3 nitrogen and oxygen atoms in total. The first kappa shape index (κ1) is 13.3. The molecule has 0 radical (unpaired) electrons. The van der Waals surface area contributed by atoms with Gasteiger partial charge in [-0.15, -0.1) is 0 Å². The van der Waals surface area contributed by atoms with Crippen molar-refractivity contribution in [1.29, 1.82) is 0 Å². The zero-order valence-electron chi connectivity index (χ0n) is 11.7. The van der Waals surface area contributed by atoms with Crippen molar-refractivity contribution in [3.8, 4) is 0 Å². The number of nitrogens with one attached hydrogen (secondary N) is 1. The third kappa shape index (κ3) is 3.98. The first-order valence-corrected chi connectivity index (χ1v) is 7.26. The van der Waals surface area contributed by atoms with E-state index in [1.165, 1.54) is 37.2 Å². The fourth-order valence-corrected chi connectivity index (χ4v) is 2.27. The maximum atomic E-state index is 4.50. The molecule has 2 rings (SSSR count). The minimum absolute atomic E-state index is 0.819. The van der Waals surface area contributed by atoms with Gasteiger partial charge in [0, 0.05) is 31.0 Å². The average molecular weight is 247 g/mol. The molecule has 1 aliphatic carbocycles. The summed E-state index contributed by atoms with van der Waals surface area (Å²) in [5.41, 5.74) is 2.39. The third-order valence-electron chi connectivity index (χ3n) is 3.33. The number of hydrogen-bond donors (Lipinski definition) is 1. The Kier molecular flexibility index (Phi) is 5.00. The molecule has 0 spiro atoms. The topological polar surface area (TPSA) is 28.2 Å². The van der Waals surface area contributed by atoms with Crippen molar-refractivity contribution in [1.82, 2.24) is 9.88 Å². The molecule has 1 fully saturated rings. The van der Waals surface area contributed by atoms with E-state index >= 15 is 0 Å². The van der Waals surface area contributed by atoms with E-state index < -0.39 is 0 Å². The molecule has 18 heavy (non-hydrogen) atoms. The van der Waals surface area contributed by atoms with Crippen LogP contribution >= 0.6 is 0 Å². The smallest absolute Gasteiger partial charge is 0.0564 e. The van der Waals surface area contributed by atoms with Crippen LogP contribution in [0.3, 0.4) is 0 Å². The summed E-state index contributed by atoms with van der Waals surface area (Å²) in [6.07, 6.45) is 7.04. The molecular weight excluding hydrogens is 222 g/mol. The van der Waals surface area contributed by atoms with E-state index in [4.69, 9.17) is 0 Å². The molecular formula is C15H25N3. The quantitative estimate of drug-likeness (QED) is 0.764. The summed E-state index contributed by atoms with van der Waals surface area (Å²) in [6.45, 7) is 7.66. The first-order valence-electron chi connectivity index (χ1n) is 7.26. The molecule has 0 unspecified atom stereocenters. The lowest BCUT2D eigenvalue weighted by Crippen LogP contribution is -2.26. The molecule has 0 saturated heterocycles. The van der Waals surface area contributed by atoms with Gasteiger partial charge < -0.3 is 5.32 Å². The predicted octanol–water partition coefficient (Wildman–Crippen LogP) is 3.28. The molecule has 1 aromatic rings. The summed E-state index contributed by atoms with van der Waals surface area (Å²) in [5.74, 6) is 0. The van der Waals surface area contributed by atoms with E-state index in [1.807, 2.05) is 6.20 Å². The summed E-state index contributed by atoms with van der Waals surface area (Å²) < 4.78 is 0. The summed E-state index contributed by atoms with van der Waals surface area (Å²) in [5, 5.41) is 3.43. The van der Waals surface area contributed by atoms with Crippen molar-refractivity contribution >= 4 is 5.69 Å². The molecule has 1 aromatic heterocycles. The lowest BCUT2D eigenvalue weighted by molar-refractivity contribution is 0.252. The maximum absolute atomic E-state index is 4.50. The van der Waals surface area contributed by atoms with E-state index in [9.17, 15) is 0 Å². The van der Waals surface area contributed by atoms with Gasteiger partial charge >= 0.3 is 0 Å². The minimum Gasteiger partial charge on any atom is -0.385 e. The average Bonchev–Trinajstić information content (AvgIpc) is 3.21. The molecule has 1 aliphatic rings. The molecule has 1 N–H and O–H groups in total. The summed E-state index contributed by atoms with van der Waals surface area (Å²) in [6, 6.07) is 5.07. The fourth-order valence-electron chi connectivity index (χ4n) is 2.27. The Morgan fingerprint density at radius 2 is 2.17 bits per heavy atom. The molecule has 0 aliphatic heterocycles. The van der Waals surface area contributed by atoms with Crippen LogP contribution < -0.4 is 5.32 Å². The Labute approximate surface area is 111 Å². The first-order chi connectivity index (χ1) is 8.83. The van der Waals surface area contributed by atoms with Crippen molar-refractivity contribution < 1.29 is 0 Å². The van der Waals surface area contributed by atoms with Gasteiger partial charge in [0.1, 0.15) is 0 Å². The Balaban J connectivity index is 1.94. The van der Waals surface area contributed by atoms with Crippen molar-refractivity contribution in [2.75, 3.05) is 18.4 Å². The second-order valence-electron chi connectivity index (χ2n) is 5.16. The molecule has 1 saturated carbocycles. The van der Waals surface area contributed by atoms with Crippen LogP contribution in [-0.2, 0) is 6.54 Å². The number of aromatic nitrogens is 1. The van der Waals surface area contributed by atoms with Crippen LogP contribution in [0.15, 0.2) is 18.3 Å². The highest BCUT2D eigenvalue weighted by Gasteiger charge is 2.28. The number of nitrogens with zero attached hydrogens (tertiary/aromatic N) is 2. The van der Waals surface area contributed by atoms with Crippen molar-refractivity contribution in [2.24, 2.45) is 0 Å². The van der Waals surface area contributed by atoms with E-state index in [2.05, 4.69) is 41.2 Å². The molecule has 0 amide bonds. The van der Waals surface area contributed by atoms with E-state index in [0.717, 1.165) is 25.6 Å². The monoisotopic (exact) mass is 247 g/mol. The normalized spacial score (nSPS) is 15.1. The SMILES string of the molecule is CCCNc1ccnc(CN(CCC)C2CC2)c1. The van der Waals surface area contributed by atoms with Crippen LogP contribution in [-0.4, -0.2) is 29.0 Å². The third-order valence-corrected chi connectivity index (χ3v) is 3.33. The zero-order chi connectivity index (χ0) is 12.8. The second kappa shape index (κ2) is 6.74. The largest absolute Gasteiger partial charge is 0.385 e. The molecule has 100 valence electrons. The van der Waals surface area contributed by atoms with Gasteiger partial charge in [-0.25, -0.2) is 0 Å². The van der Waals surface area contributed by atoms with Gasteiger partial charge in [0.15, 0.2) is 0 Å². The number of hydrogen-bond acceptors (Lipinski definition) is 3. The second-order valence-corrected chi connectivity index (χ2v) is 5.16. The Bertz CT molecular complexity index is 361. The van der Waals surface area contributed by atoms with Crippen LogP contribution in [0.2, 0.25) is 0 Å². The van der Waals surface area contributed by atoms with Crippen molar-refractivity contribution in [2.45, 2.75) is 52.1 Å². The van der Waals surface area contributed by atoms with Crippen molar-refractivity contribution in [3.63, 3.8) is 0 Å². The molecule has 0 aromatic carbocycles. The summed E-state index contributed by atoms with van der Waals surface area (Å²) in [7, 11) is 0. The van der Waals surface area contributed by atoms with Crippen LogP contribution in [0.25, 0.3) is 0 Å². The number of pyridine rings is 1. The van der Waals surface area contributed by atoms with Gasteiger partial charge in [-0.3, -0.25) is 9.88 Å². The standard InChI is InChI=1S/C15H25N3/c1-3-8-16-13-7-9-17-14(11-13)12-18(10-4-2)15-5-6-15/h7,9,11,15H,3-6,8,10,12H2,1-2H3,(H,16,17). The van der Waals surface area contributed by atoms with E-state index in [0.29, 0.717) is 0 Å². The highest BCUT2D eigenvalue weighted by molar-refractivity contribution is 5.43. The Hall–Kier alpha value is -1.09. The minimum atomic E-state index is 0.819. The molecule has 3 heteroatoms. The molecule has 1 heterocycles. The Morgan fingerprint density at radius 1 is 1.33 bits per heavy atom. The lowest BCUT2D eigenvalue weighted by Gasteiger charge is -2.21. The van der Waals surface area contributed by atoms with E-state index in [-0.39, 0.29) is 0 Å². The van der Waals surface area contributed by atoms with Gasteiger partial charge in [-0.1, -0.05) is 13.8 Å².